The highest BCUT2D eigenvalue weighted by molar-refractivity contribution is 5.76. The highest BCUT2D eigenvalue weighted by Crippen LogP contribution is 1.99. The Hall–Kier alpha value is -1.14. The second-order valence-electron chi connectivity index (χ2n) is 3.58. The number of nitrogens with one attached hydrogen (secondary N) is 1. The monoisotopic (exact) mass is 233 g/mol. The van der Waals surface area contributed by atoms with Crippen LogP contribution in [-0.2, 0) is 14.3 Å². The quantitative estimate of drug-likeness (QED) is 0.537. The van der Waals surface area contributed by atoms with E-state index < -0.39 is 12.1 Å². The molecule has 16 heavy (non-hydrogen) atoms. The third-order valence-electron chi connectivity index (χ3n) is 2.21. The van der Waals surface area contributed by atoms with Gasteiger partial charge in [0, 0.05) is 26.5 Å². The Labute approximate surface area is 94.6 Å². The predicted octanol–water partition coefficient (Wildman–Crippen LogP) is -0.247. The molecule has 2 unspecified atom stereocenters. The molecule has 0 heterocycles. The first-order chi connectivity index (χ1) is 7.47. The maximum absolute atomic E-state index is 11.2. The first kappa shape index (κ1) is 14.9. The molecule has 0 aromatic rings. The van der Waals surface area contributed by atoms with Crippen LogP contribution in [0.3, 0.4) is 0 Å². The zero-order valence-corrected chi connectivity index (χ0v) is 9.60. The zero-order chi connectivity index (χ0) is 12.6. The Kier molecular flexibility index (Phi) is 7.49. The Morgan fingerprint density at radius 3 is 2.50 bits per heavy atom. The summed E-state index contributed by atoms with van der Waals surface area (Å²) in [6.45, 7) is 2.02. The summed E-state index contributed by atoms with van der Waals surface area (Å²) in [6.07, 6.45) is -0.434. The summed E-state index contributed by atoms with van der Waals surface area (Å²) in [5, 5.41) is 19.8. The van der Waals surface area contributed by atoms with E-state index in [1.54, 1.807) is 7.11 Å². The number of hydrogen-bond donors (Lipinski definition) is 3. The van der Waals surface area contributed by atoms with E-state index >= 15 is 0 Å². The lowest BCUT2D eigenvalue weighted by Crippen LogP contribution is -2.30. The zero-order valence-electron chi connectivity index (χ0n) is 9.60. The van der Waals surface area contributed by atoms with Gasteiger partial charge in [-0.1, -0.05) is 0 Å². The van der Waals surface area contributed by atoms with Gasteiger partial charge in [-0.05, 0) is 13.3 Å². The molecule has 3 N–H and O–H groups in total. The van der Waals surface area contributed by atoms with Gasteiger partial charge in [-0.3, -0.25) is 4.79 Å². The molecule has 2 atom stereocenters. The van der Waals surface area contributed by atoms with Gasteiger partial charge >= 0.3 is 5.97 Å². The number of carboxylic acid groups (broad SMARTS) is 1. The van der Waals surface area contributed by atoms with E-state index in [1.807, 2.05) is 6.92 Å². The number of aliphatic hydroxyl groups is 1. The smallest absolute Gasteiger partial charge is 0.332 e. The number of aliphatic carboxylic acids is 1. The van der Waals surface area contributed by atoms with Crippen molar-refractivity contribution in [2.75, 3.05) is 13.7 Å². The number of methoxy groups -OCH3 is 1. The van der Waals surface area contributed by atoms with Gasteiger partial charge in [-0.2, -0.15) is 0 Å². The van der Waals surface area contributed by atoms with E-state index in [4.69, 9.17) is 14.9 Å². The Morgan fingerprint density at radius 2 is 2.00 bits per heavy atom. The van der Waals surface area contributed by atoms with Crippen LogP contribution in [0.5, 0.6) is 0 Å². The number of ether oxygens (including phenoxy) is 1. The fourth-order valence-corrected chi connectivity index (χ4v) is 1.01. The standard InChI is InChI=1S/C10H19NO5/c1-7(16-2)3-4-9(13)11-6-5-8(12)10(14)15/h7-8,12H,3-6H2,1-2H3,(H,11,13)(H,14,15). The van der Waals surface area contributed by atoms with Gasteiger partial charge in [-0.25, -0.2) is 4.79 Å². The normalized spacial score (nSPS) is 14.2. The van der Waals surface area contributed by atoms with E-state index in [-0.39, 0.29) is 25.0 Å². The molecule has 0 spiro atoms. The molecular formula is C10H19NO5. The molecule has 6 heteroatoms. The molecule has 94 valence electrons. The molecule has 0 saturated heterocycles. The van der Waals surface area contributed by atoms with Crippen LogP contribution in [0, 0.1) is 0 Å². The van der Waals surface area contributed by atoms with Crippen molar-refractivity contribution in [1.82, 2.24) is 5.32 Å². The number of aliphatic hydroxyl groups excluding tert-OH is 1. The van der Waals surface area contributed by atoms with Crippen LogP contribution >= 0.6 is 0 Å². The predicted molar refractivity (Wildman–Crippen MR) is 57.0 cm³/mol. The number of hydrogen-bond acceptors (Lipinski definition) is 4. The average molecular weight is 233 g/mol. The second-order valence-corrected chi connectivity index (χ2v) is 3.58. The van der Waals surface area contributed by atoms with Crippen LogP contribution in [0.2, 0.25) is 0 Å². The third kappa shape index (κ3) is 7.19. The van der Waals surface area contributed by atoms with Crippen LogP contribution in [0.15, 0.2) is 0 Å². The maximum atomic E-state index is 11.2. The van der Waals surface area contributed by atoms with Gasteiger partial charge in [0.05, 0.1) is 6.10 Å². The molecule has 1 amide bonds. The summed E-state index contributed by atoms with van der Waals surface area (Å²) < 4.78 is 4.98. The van der Waals surface area contributed by atoms with E-state index in [2.05, 4.69) is 5.32 Å². The summed E-state index contributed by atoms with van der Waals surface area (Å²) >= 11 is 0. The lowest BCUT2D eigenvalue weighted by Gasteiger charge is -2.10. The molecule has 0 aliphatic heterocycles. The minimum absolute atomic E-state index is 0.0148. The summed E-state index contributed by atoms with van der Waals surface area (Å²) in [4.78, 5) is 21.5. The molecule has 0 aliphatic carbocycles. The van der Waals surface area contributed by atoms with Crippen molar-refractivity contribution in [3.63, 3.8) is 0 Å². The SMILES string of the molecule is COC(C)CCC(=O)NCCC(O)C(=O)O. The summed E-state index contributed by atoms with van der Waals surface area (Å²) in [5.74, 6) is -1.44. The minimum Gasteiger partial charge on any atom is -0.479 e. The molecule has 0 saturated carbocycles. The van der Waals surface area contributed by atoms with Crippen LogP contribution in [0.4, 0.5) is 0 Å². The van der Waals surface area contributed by atoms with Gasteiger partial charge in [0.15, 0.2) is 6.10 Å². The number of carbonyl (C=O) groups is 2. The van der Waals surface area contributed by atoms with Gasteiger partial charge < -0.3 is 20.3 Å². The summed E-state index contributed by atoms with van der Waals surface area (Å²) in [6, 6.07) is 0. The molecule has 0 radical (unpaired) electrons. The van der Waals surface area contributed by atoms with Gasteiger partial charge in [0.1, 0.15) is 0 Å². The first-order valence-corrected chi connectivity index (χ1v) is 5.17. The molecule has 0 aromatic carbocycles. The number of amides is 1. The lowest BCUT2D eigenvalue weighted by molar-refractivity contribution is -0.147. The fourth-order valence-electron chi connectivity index (χ4n) is 1.01. The maximum Gasteiger partial charge on any atom is 0.332 e. The minimum atomic E-state index is -1.42. The lowest BCUT2D eigenvalue weighted by atomic mass is 10.2. The highest BCUT2D eigenvalue weighted by Gasteiger charge is 2.13. The van der Waals surface area contributed by atoms with E-state index in [0.717, 1.165) is 0 Å². The van der Waals surface area contributed by atoms with Crippen LogP contribution in [-0.4, -0.2) is 48.0 Å². The Bertz CT molecular complexity index is 231. The molecule has 0 bridgehead atoms. The van der Waals surface area contributed by atoms with Crippen molar-refractivity contribution in [2.24, 2.45) is 0 Å². The van der Waals surface area contributed by atoms with Gasteiger partial charge in [-0.15, -0.1) is 0 Å². The molecule has 0 aliphatic rings. The number of rotatable bonds is 8. The Morgan fingerprint density at radius 1 is 1.38 bits per heavy atom. The van der Waals surface area contributed by atoms with E-state index in [0.29, 0.717) is 12.8 Å². The Balaban J connectivity index is 3.55. The second kappa shape index (κ2) is 8.06. The summed E-state index contributed by atoms with van der Waals surface area (Å²) in [7, 11) is 1.58. The van der Waals surface area contributed by atoms with Crippen LogP contribution in [0.25, 0.3) is 0 Å². The molecular weight excluding hydrogens is 214 g/mol. The van der Waals surface area contributed by atoms with Crippen LogP contribution in [0.1, 0.15) is 26.2 Å². The van der Waals surface area contributed by atoms with Gasteiger partial charge in [0.25, 0.3) is 0 Å². The summed E-state index contributed by atoms with van der Waals surface area (Å²) in [5.41, 5.74) is 0. The highest BCUT2D eigenvalue weighted by atomic mass is 16.5. The van der Waals surface area contributed by atoms with Crippen molar-refractivity contribution in [2.45, 2.75) is 38.4 Å². The van der Waals surface area contributed by atoms with E-state index in [1.165, 1.54) is 0 Å². The first-order valence-electron chi connectivity index (χ1n) is 5.17. The molecule has 6 nitrogen and oxygen atoms in total. The largest absolute Gasteiger partial charge is 0.479 e. The number of carboxylic acids is 1. The van der Waals surface area contributed by atoms with Crippen molar-refractivity contribution < 1.29 is 24.5 Å². The van der Waals surface area contributed by atoms with Crippen molar-refractivity contribution in [3.05, 3.63) is 0 Å². The van der Waals surface area contributed by atoms with Crippen molar-refractivity contribution >= 4 is 11.9 Å². The molecule has 0 rings (SSSR count). The third-order valence-corrected chi connectivity index (χ3v) is 2.21. The van der Waals surface area contributed by atoms with Crippen molar-refractivity contribution in [3.8, 4) is 0 Å². The molecule has 0 fully saturated rings. The van der Waals surface area contributed by atoms with Gasteiger partial charge in [0.2, 0.25) is 5.91 Å². The van der Waals surface area contributed by atoms with Crippen molar-refractivity contribution in [1.29, 1.82) is 0 Å². The fraction of sp³-hybridized carbons (Fsp3) is 0.800. The van der Waals surface area contributed by atoms with E-state index in [9.17, 15) is 9.59 Å². The topological polar surface area (TPSA) is 95.9 Å². The van der Waals surface area contributed by atoms with Crippen LogP contribution < -0.4 is 5.32 Å². The number of carbonyl (C=O) groups excluding carboxylic acids is 1. The average Bonchev–Trinajstić information content (AvgIpc) is 2.25. The molecule has 0 aromatic heterocycles.